The molecule has 0 spiro atoms. The van der Waals surface area contributed by atoms with Gasteiger partial charge in [-0.1, -0.05) is 12.0 Å². The van der Waals surface area contributed by atoms with Crippen molar-refractivity contribution < 1.29 is 9.18 Å². The second-order valence-corrected chi connectivity index (χ2v) is 6.70. The summed E-state index contributed by atoms with van der Waals surface area (Å²) in [7, 11) is 0. The molecule has 0 aliphatic heterocycles. The van der Waals surface area contributed by atoms with Crippen LogP contribution >= 0.6 is 0 Å². The van der Waals surface area contributed by atoms with Crippen LogP contribution in [0.15, 0.2) is 36.4 Å². The summed E-state index contributed by atoms with van der Waals surface area (Å²) in [5.74, 6) is 2.94. The number of hydrogen-bond acceptors (Lipinski definition) is 2. The van der Waals surface area contributed by atoms with Crippen molar-refractivity contribution in [3.8, 4) is 12.3 Å². The maximum Gasteiger partial charge on any atom is 0.256 e. The van der Waals surface area contributed by atoms with Crippen molar-refractivity contribution in [2.24, 2.45) is 0 Å². The van der Waals surface area contributed by atoms with Crippen LogP contribution in [0.5, 0.6) is 0 Å². The number of carbonyl (C=O) groups excluding carboxylic acids is 1. The Kier molecular flexibility index (Phi) is 3.96. The van der Waals surface area contributed by atoms with Crippen molar-refractivity contribution in [3.63, 3.8) is 0 Å². The minimum absolute atomic E-state index is 0.327. The normalized spacial score (nSPS) is 13.6. The Balaban J connectivity index is 1.78. The van der Waals surface area contributed by atoms with Crippen molar-refractivity contribution in [1.29, 1.82) is 0 Å². The van der Waals surface area contributed by atoms with Crippen molar-refractivity contribution in [2.75, 3.05) is 5.32 Å². The van der Waals surface area contributed by atoms with Gasteiger partial charge < -0.3 is 5.32 Å². The van der Waals surface area contributed by atoms with E-state index in [1.54, 1.807) is 4.68 Å². The van der Waals surface area contributed by atoms with Gasteiger partial charge in [-0.25, -0.2) is 4.39 Å². The Labute approximate surface area is 151 Å². The summed E-state index contributed by atoms with van der Waals surface area (Å²) < 4.78 is 14.9. The molecule has 0 atom stereocenters. The average Bonchev–Trinajstić information content (AvgIpc) is 3.40. The highest BCUT2D eigenvalue weighted by molar-refractivity contribution is 6.08. The minimum atomic E-state index is -0.380. The lowest BCUT2D eigenvalue weighted by Crippen LogP contribution is -2.12. The molecule has 1 aliphatic rings. The third-order valence-electron chi connectivity index (χ3n) is 4.61. The first kappa shape index (κ1) is 16.3. The number of anilines is 1. The molecule has 1 aromatic heterocycles. The van der Waals surface area contributed by atoms with Crippen molar-refractivity contribution >= 4 is 22.6 Å². The fourth-order valence-electron chi connectivity index (χ4n) is 3.28. The van der Waals surface area contributed by atoms with Gasteiger partial charge in [-0.15, -0.1) is 6.42 Å². The van der Waals surface area contributed by atoms with E-state index < -0.39 is 0 Å². The van der Waals surface area contributed by atoms with Crippen molar-refractivity contribution in [2.45, 2.75) is 32.2 Å². The second-order valence-electron chi connectivity index (χ2n) is 6.70. The molecule has 0 radical (unpaired) electrons. The van der Waals surface area contributed by atoms with E-state index >= 15 is 0 Å². The maximum absolute atomic E-state index is 13.1. The number of aromatic nitrogens is 2. The predicted octanol–water partition coefficient (Wildman–Crippen LogP) is 4.25. The zero-order valence-electron chi connectivity index (χ0n) is 14.4. The molecule has 1 heterocycles. The molecule has 1 N–H and O–H groups in total. The zero-order valence-corrected chi connectivity index (χ0v) is 14.4. The summed E-state index contributed by atoms with van der Waals surface area (Å²) in [6.45, 7) is 2.38. The lowest BCUT2D eigenvalue weighted by atomic mass is 10.0. The Hall–Kier alpha value is -3.13. The van der Waals surface area contributed by atoms with Gasteiger partial charge >= 0.3 is 0 Å². The number of carbonyl (C=O) groups is 1. The Morgan fingerprint density at radius 2 is 2.08 bits per heavy atom. The third kappa shape index (κ3) is 2.95. The number of amides is 1. The van der Waals surface area contributed by atoms with E-state index in [1.807, 2.05) is 13.0 Å². The lowest BCUT2D eigenvalue weighted by Gasteiger charge is -2.07. The molecular weight excluding hydrogens is 329 g/mol. The molecule has 1 fully saturated rings. The molecule has 5 heteroatoms. The molecule has 2 aromatic carbocycles. The van der Waals surface area contributed by atoms with Crippen LogP contribution in [0.25, 0.3) is 10.9 Å². The molecule has 1 aliphatic carbocycles. The maximum atomic E-state index is 13.1. The third-order valence-corrected chi connectivity index (χ3v) is 4.61. The predicted molar refractivity (Wildman–Crippen MR) is 99.6 cm³/mol. The minimum Gasteiger partial charge on any atom is -0.305 e. The van der Waals surface area contributed by atoms with Gasteiger partial charge in [0.2, 0.25) is 0 Å². The van der Waals surface area contributed by atoms with E-state index in [-0.39, 0.29) is 11.7 Å². The van der Waals surface area contributed by atoms with Crippen LogP contribution in [-0.4, -0.2) is 15.7 Å². The summed E-state index contributed by atoms with van der Waals surface area (Å²) in [5.41, 5.74) is 3.73. The molecule has 0 bridgehead atoms. The van der Waals surface area contributed by atoms with Crippen LogP contribution in [0, 0.1) is 25.1 Å². The highest BCUT2D eigenvalue weighted by Gasteiger charge is 2.28. The Bertz CT molecular complexity index is 1040. The first-order valence-corrected chi connectivity index (χ1v) is 8.58. The molecule has 26 heavy (non-hydrogen) atoms. The van der Waals surface area contributed by atoms with Gasteiger partial charge in [0.15, 0.2) is 5.82 Å². The van der Waals surface area contributed by atoms with Crippen LogP contribution in [-0.2, 0) is 6.54 Å². The highest BCUT2D eigenvalue weighted by Crippen LogP contribution is 2.44. The largest absolute Gasteiger partial charge is 0.305 e. The van der Waals surface area contributed by atoms with Crippen molar-refractivity contribution in [1.82, 2.24) is 9.78 Å². The molecule has 1 saturated carbocycles. The molecule has 1 amide bonds. The first-order chi connectivity index (χ1) is 12.6. The number of nitrogens with one attached hydrogen (secondary N) is 1. The Morgan fingerprint density at radius 1 is 1.35 bits per heavy atom. The molecule has 3 aromatic rings. The van der Waals surface area contributed by atoms with Gasteiger partial charge in [0, 0.05) is 10.9 Å². The fourth-order valence-corrected chi connectivity index (χ4v) is 3.28. The van der Waals surface area contributed by atoms with Crippen LogP contribution in [0.4, 0.5) is 10.2 Å². The summed E-state index contributed by atoms with van der Waals surface area (Å²) >= 11 is 0. The van der Waals surface area contributed by atoms with Gasteiger partial charge in [0.25, 0.3) is 5.91 Å². The van der Waals surface area contributed by atoms with E-state index in [9.17, 15) is 9.18 Å². The summed E-state index contributed by atoms with van der Waals surface area (Å²) in [6.07, 6.45) is 7.83. The molecular formula is C21H18FN3O. The fraction of sp³-hybridized carbons (Fsp3) is 0.238. The lowest BCUT2D eigenvalue weighted by molar-refractivity contribution is 0.102. The number of rotatable bonds is 4. The topological polar surface area (TPSA) is 46.9 Å². The van der Waals surface area contributed by atoms with Crippen LogP contribution in [0.2, 0.25) is 0 Å². The van der Waals surface area contributed by atoms with E-state index in [4.69, 9.17) is 6.42 Å². The molecule has 0 saturated heterocycles. The SMILES string of the molecule is C#CCn1nc(NC(=O)c2ccc(F)cc2)c2cc(C)cc(C3CC3)c21. The summed E-state index contributed by atoms with van der Waals surface area (Å²) in [5, 5.41) is 8.28. The van der Waals surface area contributed by atoms with Gasteiger partial charge in [-0.2, -0.15) is 5.10 Å². The van der Waals surface area contributed by atoms with Gasteiger partial charge in [-0.3, -0.25) is 9.48 Å². The van der Waals surface area contributed by atoms with Crippen LogP contribution < -0.4 is 5.32 Å². The number of halogens is 1. The standard InChI is InChI=1S/C21H18FN3O/c1-3-10-25-19-17(14-4-5-14)11-13(2)12-18(19)20(24-25)23-21(26)15-6-8-16(22)9-7-15/h1,6-9,11-12,14H,4-5,10H2,2H3,(H,23,24,26). The monoisotopic (exact) mass is 347 g/mol. The number of benzene rings is 2. The van der Waals surface area contributed by atoms with E-state index in [2.05, 4.69) is 22.4 Å². The number of aryl methyl sites for hydroxylation is 1. The number of nitrogens with zero attached hydrogens (tertiary/aromatic N) is 2. The average molecular weight is 347 g/mol. The summed E-state index contributed by atoms with van der Waals surface area (Å²) in [4.78, 5) is 12.5. The van der Waals surface area contributed by atoms with E-state index in [1.165, 1.54) is 29.8 Å². The van der Waals surface area contributed by atoms with Crippen LogP contribution in [0.1, 0.15) is 40.2 Å². The molecule has 4 rings (SSSR count). The number of fused-ring (bicyclic) bond motifs is 1. The summed E-state index contributed by atoms with van der Waals surface area (Å²) in [6, 6.07) is 9.62. The van der Waals surface area contributed by atoms with Gasteiger partial charge in [-0.05, 0) is 67.1 Å². The number of hydrogen-bond donors (Lipinski definition) is 1. The van der Waals surface area contributed by atoms with Gasteiger partial charge in [0.1, 0.15) is 12.4 Å². The zero-order chi connectivity index (χ0) is 18.3. The molecule has 4 nitrogen and oxygen atoms in total. The van der Waals surface area contributed by atoms with Gasteiger partial charge in [0.05, 0.1) is 5.52 Å². The molecule has 0 unspecified atom stereocenters. The van der Waals surface area contributed by atoms with Crippen LogP contribution in [0.3, 0.4) is 0 Å². The number of terminal acetylenes is 1. The Morgan fingerprint density at radius 3 is 2.73 bits per heavy atom. The van der Waals surface area contributed by atoms with E-state index in [0.717, 1.165) is 29.3 Å². The first-order valence-electron chi connectivity index (χ1n) is 8.58. The highest BCUT2D eigenvalue weighted by atomic mass is 19.1. The second kappa shape index (κ2) is 6.30. The molecule has 130 valence electrons. The van der Waals surface area contributed by atoms with Crippen molar-refractivity contribution in [3.05, 3.63) is 58.9 Å². The quantitative estimate of drug-likeness (QED) is 0.717. The smallest absolute Gasteiger partial charge is 0.256 e. The van der Waals surface area contributed by atoms with E-state index in [0.29, 0.717) is 23.8 Å².